The molecule has 1 aliphatic heterocycles. The summed E-state index contributed by atoms with van der Waals surface area (Å²) in [6, 6.07) is 6.74. The fourth-order valence-corrected chi connectivity index (χ4v) is 3.30. The lowest BCUT2D eigenvalue weighted by Crippen LogP contribution is -2.45. The van der Waals surface area contributed by atoms with Gasteiger partial charge >= 0.3 is 0 Å². The topological polar surface area (TPSA) is 143 Å². The number of benzene rings is 1. The summed E-state index contributed by atoms with van der Waals surface area (Å²) in [5.41, 5.74) is 6.85. The van der Waals surface area contributed by atoms with Crippen LogP contribution in [0.3, 0.4) is 0 Å². The first-order chi connectivity index (χ1) is 14.9. The van der Waals surface area contributed by atoms with Gasteiger partial charge in [0.25, 0.3) is 5.91 Å². The molecule has 0 saturated heterocycles. The Balaban J connectivity index is 1.90. The van der Waals surface area contributed by atoms with Crippen molar-refractivity contribution in [2.24, 2.45) is 5.73 Å². The molecule has 10 heteroatoms. The molecule has 0 spiro atoms. The van der Waals surface area contributed by atoms with E-state index in [4.69, 9.17) is 15.2 Å². The molecule has 0 radical (unpaired) electrons. The van der Waals surface area contributed by atoms with Crippen molar-refractivity contribution in [3.8, 4) is 5.75 Å². The summed E-state index contributed by atoms with van der Waals surface area (Å²) in [4.78, 5) is 23.3. The van der Waals surface area contributed by atoms with Crippen LogP contribution in [0.4, 0.5) is 11.8 Å². The fourth-order valence-electron chi connectivity index (χ4n) is 3.30. The molecule has 3 rings (SSSR count). The third-order valence-electron chi connectivity index (χ3n) is 4.95. The van der Waals surface area contributed by atoms with Crippen molar-refractivity contribution in [2.45, 2.75) is 31.6 Å². The monoisotopic (exact) mass is 431 g/mol. The van der Waals surface area contributed by atoms with Crippen molar-refractivity contribution in [3.63, 3.8) is 0 Å². The van der Waals surface area contributed by atoms with Gasteiger partial charge in [-0.05, 0) is 36.8 Å². The highest BCUT2D eigenvalue weighted by Gasteiger charge is 2.27. The Kier molecular flexibility index (Phi) is 7.75. The first-order valence-electron chi connectivity index (χ1n) is 10.1. The minimum absolute atomic E-state index is 0.0502. The number of rotatable bonds is 10. The Hall–Kier alpha value is -2.79. The highest BCUT2D eigenvalue weighted by molar-refractivity contribution is 6.06. The van der Waals surface area contributed by atoms with Gasteiger partial charge in [0.2, 0.25) is 5.95 Å². The summed E-state index contributed by atoms with van der Waals surface area (Å²) in [5.74, 6) is 0.998. The number of nitrogens with zero attached hydrogens (tertiary/aromatic N) is 3. The maximum Gasteiger partial charge on any atom is 0.259 e. The van der Waals surface area contributed by atoms with Crippen LogP contribution in [0.25, 0.3) is 0 Å². The van der Waals surface area contributed by atoms with Crippen molar-refractivity contribution in [2.75, 3.05) is 43.6 Å². The normalized spacial score (nSPS) is 15.5. The molecule has 0 bridgehead atoms. The largest absolute Gasteiger partial charge is 0.493 e. The van der Waals surface area contributed by atoms with E-state index in [9.17, 15) is 15.0 Å². The SMILES string of the molecule is COC[C@H](C)Nc1nccc(N(CC(O)[C@@H](O)CN)C(=O)c2ccc3c(c2)CCO3)n1. The number of fused-ring (bicyclic) bond motifs is 1. The third kappa shape index (κ3) is 5.67. The number of amides is 1. The molecule has 2 aromatic rings. The maximum atomic E-state index is 13.4. The second-order valence-corrected chi connectivity index (χ2v) is 7.45. The van der Waals surface area contributed by atoms with Gasteiger partial charge in [-0.25, -0.2) is 4.98 Å². The lowest BCUT2D eigenvalue weighted by molar-refractivity contribution is 0.0295. The number of nitrogens with one attached hydrogen (secondary N) is 1. The Morgan fingerprint density at radius 3 is 2.90 bits per heavy atom. The minimum Gasteiger partial charge on any atom is -0.493 e. The van der Waals surface area contributed by atoms with Gasteiger partial charge in [-0.15, -0.1) is 0 Å². The second-order valence-electron chi connectivity index (χ2n) is 7.45. The van der Waals surface area contributed by atoms with Crippen molar-refractivity contribution in [1.29, 1.82) is 0 Å². The van der Waals surface area contributed by atoms with Crippen molar-refractivity contribution in [1.82, 2.24) is 9.97 Å². The molecule has 1 aliphatic rings. The lowest BCUT2D eigenvalue weighted by atomic mass is 10.1. The smallest absolute Gasteiger partial charge is 0.259 e. The molecule has 1 amide bonds. The molecule has 31 heavy (non-hydrogen) atoms. The molecule has 5 N–H and O–H groups in total. The zero-order chi connectivity index (χ0) is 22.4. The number of carbonyl (C=O) groups excluding carboxylic acids is 1. The molecule has 10 nitrogen and oxygen atoms in total. The highest BCUT2D eigenvalue weighted by atomic mass is 16.5. The van der Waals surface area contributed by atoms with Gasteiger partial charge in [0.15, 0.2) is 0 Å². The van der Waals surface area contributed by atoms with Gasteiger partial charge in [-0.3, -0.25) is 9.69 Å². The van der Waals surface area contributed by atoms with Gasteiger partial charge in [0.1, 0.15) is 11.6 Å². The predicted molar refractivity (Wildman–Crippen MR) is 115 cm³/mol. The first-order valence-corrected chi connectivity index (χ1v) is 10.1. The number of aliphatic hydroxyl groups excluding tert-OH is 2. The van der Waals surface area contributed by atoms with E-state index >= 15 is 0 Å². The lowest BCUT2D eigenvalue weighted by Gasteiger charge is -2.27. The van der Waals surface area contributed by atoms with Gasteiger partial charge in [0, 0.05) is 37.9 Å². The molecule has 1 unspecified atom stereocenters. The van der Waals surface area contributed by atoms with Gasteiger partial charge < -0.3 is 30.7 Å². The molecule has 168 valence electrons. The Labute approximate surface area is 181 Å². The Bertz CT molecular complexity index is 896. The van der Waals surface area contributed by atoms with E-state index in [1.54, 1.807) is 31.4 Å². The van der Waals surface area contributed by atoms with Crippen molar-refractivity contribution >= 4 is 17.7 Å². The van der Waals surface area contributed by atoms with E-state index in [-0.39, 0.29) is 30.9 Å². The number of hydrogen-bond acceptors (Lipinski definition) is 9. The molecule has 0 aliphatic carbocycles. The molecular formula is C21H29N5O5. The summed E-state index contributed by atoms with van der Waals surface area (Å²) in [5, 5.41) is 23.4. The van der Waals surface area contributed by atoms with Crippen LogP contribution < -0.4 is 20.7 Å². The van der Waals surface area contributed by atoms with Gasteiger partial charge in [-0.2, -0.15) is 4.98 Å². The number of carbonyl (C=O) groups is 1. The van der Waals surface area contributed by atoms with E-state index in [1.807, 2.05) is 6.92 Å². The van der Waals surface area contributed by atoms with E-state index in [2.05, 4.69) is 15.3 Å². The zero-order valence-electron chi connectivity index (χ0n) is 17.7. The molecule has 0 saturated carbocycles. The number of methoxy groups -OCH3 is 1. The number of aliphatic hydroxyl groups is 2. The number of nitrogens with two attached hydrogens (primary N) is 1. The van der Waals surface area contributed by atoms with Crippen LogP contribution in [0.2, 0.25) is 0 Å². The Morgan fingerprint density at radius 1 is 1.35 bits per heavy atom. The average Bonchev–Trinajstić information content (AvgIpc) is 3.24. The molecule has 1 aromatic carbocycles. The van der Waals surface area contributed by atoms with Crippen molar-refractivity contribution < 1.29 is 24.5 Å². The first kappa shape index (κ1) is 22.9. The standard InChI is InChI=1S/C21H29N5O5/c1-13(12-30-2)24-21-23-7-5-19(25-21)26(11-17(28)16(27)10-22)20(29)15-3-4-18-14(9-15)6-8-31-18/h3-5,7,9,13,16-17,27-28H,6,8,10-12,22H2,1-2H3,(H,23,24,25)/t13-,16-,17?/m0/s1. The van der Waals surface area contributed by atoms with Crippen LogP contribution in [-0.4, -0.2) is 77.8 Å². The van der Waals surface area contributed by atoms with E-state index < -0.39 is 12.2 Å². The zero-order valence-corrected chi connectivity index (χ0v) is 17.7. The van der Waals surface area contributed by atoms with E-state index in [0.717, 1.165) is 17.7 Å². The van der Waals surface area contributed by atoms with Crippen LogP contribution in [0.1, 0.15) is 22.8 Å². The van der Waals surface area contributed by atoms with Crippen LogP contribution in [0.5, 0.6) is 5.75 Å². The number of ether oxygens (including phenoxy) is 2. The molecular weight excluding hydrogens is 402 g/mol. The van der Waals surface area contributed by atoms with Crippen LogP contribution in [0, 0.1) is 0 Å². The fraction of sp³-hybridized carbons (Fsp3) is 0.476. The van der Waals surface area contributed by atoms with Crippen LogP contribution in [-0.2, 0) is 11.2 Å². The van der Waals surface area contributed by atoms with E-state index in [0.29, 0.717) is 24.7 Å². The van der Waals surface area contributed by atoms with Crippen LogP contribution in [0.15, 0.2) is 30.5 Å². The summed E-state index contributed by atoms with van der Waals surface area (Å²) >= 11 is 0. The average molecular weight is 431 g/mol. The number of aromatic nitrogens is 2. The van der Waals surface area contributed by atoms with Crippen LogP contribution >= 0.6 is 0 Å². The minimum atomic E-state index is -1.24. The summed E-state index contributed by atoms with van der Waals surface area (Å²) < 4.78 is 10.6. The highest BCUT2D eigenvalue weighted by Crippen LogP contribution is 2.27. The molecule has 2 heterocycles. The predicted octanol–water partition coefficient (Wildman–Crippen LogP) is 0.186. The molecule has 0 fully saturated rings. The number of hydrogen-bond donors (Lipinski definition) is 4. The summed E-state index contributed by atoms with van der Waals surface area (Å²) in [6.07, 6.45) is -0.174. The van der Waals surface area contributed by atoms with Crippen molar-refractivity contribution in [3.05, 3.63) is 41.6 Å². The maximum absolute atomic E-state index is 13.4. The van der Waals surface area contributed by atoms with Gasteiger partial charge in [-0.1, -0.05) is 0 Å². The molecule has 1 aromatic heterocycles. The second kappa shape index (κ2) is 10.5. The quantitative estimate of drug-likeness (QED) is 0.414. The van der Waals surface area contributed by atoms with E-state index in [1.165, 1.54) is 11.1 Å². The summed E-state index contributed by atoms with van der Waals surface area (Å²) in [6.45, 7) is 2.63. The number of anilines is 2. The summed E-state index contributed by atoms with van der Waals surface area (Å²) in [7, 11) is 1.60. The third-order valence-corrected chi connectivity index (χ3v) is 4.95. The van der Waals surface area contributed by atoms with Gasteiger partial charge in [0.05, 0.1) is 32.0 Å². The Morgan fingerprint density at radius 2 is 2.16 bits per heavy atom. The molecule has 3 atom stereocenters.